The first-order valence-corrected chi connectivity index (χ1v) is 5.83. The van der Waals surface area contributed by atoms with E-state index in [2.05, 4.69) is 11.1 Å². The van der Waals surface area contributed by atoms with Gasteiger partial charge in [-0.05, 0) is 18.6 Å². The molecule has 15 heavy (non-hydrogen) atoms. The Balaban J connectivity index is 2.62. The summed E-state index contributed by atoms with van der Waals surface area (Å²) in [6, 6.07) is 5.78. The largest absolute Gasteiger partial charge is 0.392 e. The number of pyridine rings is 1. The molecule has 80 valence electrons. The van der Waals surface area contributed by atoms with Gasteiger partial charge in [0.2, 0.25) is 0 Å². The van der Waals surface area contributed by atoms with Crippen LogP contribution in [0.15, 0.2) is 18.3 Å². The molecule has 0 saturated carbocycles. The Hall–Kier alpha value is -1.05. The van der Waals surface area contributed by atoms with Gasteiger partial charge in [-0.3, -0.25) is 0 Å². The second-order valence-corrected chi connectivity index (χ2v) is 4.75. The van der Waals surface area contributed by atoms with E-state index in [-0.39, 0.29) is 11.4 Å². The van der Waals surface area contributed by atoms with Crippen LogP contribution < -0.4 is 0 Å². The van der Waals surface area contributed by atoms with Gasteiger partial charge in [0, 0.05) is 17.2 Å². The van der Waals surface area contributed by atoms with E-state index in [9.17, 15) is 5.11 Å². The summed E-state index contributed by atoms with van der Waals surface area (Å²) in [7, 11) is 0. The van der Waals surface area contributed by atoms with Crippen molar-refractivity contribution in [2.24, 2.45) is 0 Å². The molecule has 0 amide bonds. The van der Waals surface area contributed by atoms with Crippen LogP contribution in [0.5, 0.6) is 0 Å². The molecule has 1 aromatic heterocycles. The normalized spacial score (nSPS) is 14.3. The average Bonchev–Trinajstić information content (AvgIpc) is 2.26. The summed E-state index contributed by atoms with van der Waals surface area (Å²) in [5.74, 6) is 0.711. The lowest BCUT2D eigenvalue weighted by Crippen LogP contribution is -2.15. The topological polar surface area (TPSA) is 56.9 Å². The van der Waals surface area contributed by atoms with Gasteiger partial charge >= 0.3 is 0 Å². The van der Waals surface area contributed by atoms with E-state index in [4.69, 9.17) is 5.26 Å². The van der Waals surface area contributed by atoms with Gasteiger partial charge in [-0.1, -0.05) is 13.0 Å². The number of hydrogen-bond acceptors (Lipinski definition) is 4. The summed E-state index contributed by atoms with van der Waals surface area (Å²) in [6.45, 7) is 3.74. The molecule has 2 atom stereocenters. The lowest BCUT2D eigenvalue weighted by Gasteiger charge is -2.13. The fourth-order valence-electron chi connectivity index (χ4n) is 1.02. The van der Waals surface area contributed by atoms with Gasteiger partial charge in [0.1, 0.15) is 11.8 Å². The Labute approximate surface area is 94.2 Å². The molecule has 0 aliphatic rings. The first-order valence-electron chi connectivity index (χ1n) is 4.78. The molecule has 0 aliphatic carbocycles. The molecule has 0 fully saturated rings. The molecule has 1 heterocycles. The van der Waals surface area contributed by atoms with Gasteiger partial charge in [0.15, 0.2) is 0 Å². The zero-order chi connectivity index (χ0) is 11.3. The highest BCUT2D eigenvalue weighted by molar-refractivity contribution is 7.99. The smallest absolute Gasteiger partial charge is 0.144 e. The zero-order valence-corrected chi connectivity index (χ0v) is 9.66. The third kappa shape index (κ3) is 3.54. The number of nitrogens with zero attached hydrogens (tertiary/aromatic N) is 2. The molecule has 3 nitrogen and oxygen atoms in total. The summed E-state index contributed by atoms with van der Waals surface area (Å²) in [4.78, 5) is 3.98. The highest BCUT2D eigenvalue weighted by atomic mass is 32.2. The number of aliphatic hydroxyl groups is 1. The highest BCUT2D eigenvalue weighted by Gasteiger charge is 2.10. The molecule has 4 heteroatoms. The van der Waals surface area contributed by atoms with Crippen molar-refractivity contribution in [2.45, 2.75) is 31.0 Å². The van der Waals surface area contributed by atoms with Crippen LogP contribution in [0.3, 0.4) is 0 Å². The number of aromatic nitrogens is 1. The number of rotatable bonds is 4. The van der Waals surface area contributed by atoms with E-state index in [1.807, 2.05) is 19.1 Å². The molecule has 0 saturated heterocycles. The molecule has 1 N–H and O–H groups in total. The standard InChI is InChI=1S/C11H14N2OS/c1-8(14)9(2)15-7-10-4-3-5-13-11(10)6-12/h3-5,8-9,14H,7H2,1-2H3. The third-order valence-electron chi connectivity index (χ3n) is 2.18. The van der Waals surface area contributed by atoms with Gasteiger partial charge in [0.05, 0.1) is 6.10 Å². The molecular formula is C11H14N2OS. The Morgan fingerprint density at radius 3 is 2.93 bits per heavy atom. The molecule has 0 radical (unpaired) electrons. The van der Waals surface area contributed by atoms with E-state index < -0.39 is 0 Å². The van der Waals surface area contributed by atoms with Gasteiger partial charge in [-0.15, -0.1) is 0 Å². The van der Waals surface area contributed by atoms with Crippen molar-refractivity contribution < 1.29 is 5.11 Å². The van der Waals surface area contributed by atoms with Gasteiger partial charge in [0.25, 0.3) is 0 Å². The summed E-state index contributed by atoms with van der Waals surface area (Å²) in [5, 5.41) is 18.3. The van der Waals surface area contributed by atoms with Crippen LogP contribution in [-0.2, 0) is 5.75 Å². The Kier molecular flexibility index (Phi) is 4.60. The van der Waals surface area contributed by atoms with Crippen LogP contribution in [-0.4, -0.2) is 21.4 Å². The number of aliphatic hydroxyl groups excluding tert-OH is 1. The Morgan fingerprint density at radius 1 is 1.60 bits per heavy atom. The van der Waals surface area contributed by atoms with Gasteiger partial charge < -0.3 is 5.11 Å². The van der Waals surface area contributed by atoms with Crippen molar-refractivity contribution in [1.29, 1.82) is 5.26 Å². The molecule has 2 unspecified atom stereocenters. The second kappa shape index (κ2) is 5.74. The molecule has 0 bridgehead atoms. The molecule has 0 aliphatic heterocycles. The van der Waals surface area contributed by atoms with Crippen LogP contribution in [0.4, 0.5) is 0 Å². The first kappa shape index (κ1) is 12.0. The van der Waals surface area contributed by atoms with Gasteiger partial charge in [-0.2, -0.15) is 17.0 Å². The molecule has 1 rings (SSSR count). The minimum atomic E-state index is -0.336. The lowest BCUT2D eigenvalue weighted by atomic mass is 10.2. The number of thioether (sulfide) groups is 1. The predicted molar refractivity (Wildman–Crippen MR) is 61.4 cm³/mol. The zero-order valence-electron chi connectivity index (χ0n) is 8.84. The van der Waals surface area contributed by atoms with Crippen LogP contribution in [0, 0.1) is 11.3 Å². The van der Waals surface area contributed by atoms with Crippen LogP contribution in [0.1, 0.15) is 25.1 Å². The van der Waals surface area contributed by atoms with E-state index in [0.29, 0.717) is 11.4 Å². The predicted octanol–water partition coefficient (Wildman–Crippen LogP) is 1.96. The van der Waals surface area contributed by atoms with Crippen molar-refractivity contribution in [3.8, 4) is 6.07 Å². The van der Waals surface area contributed by atoms with Crippen molar-refractivity contribution in [3.05, 3.63) is 29.6 Å². The van der Waals surface area contributed by atoms with Crippen molar-refractivity contribution in [3.63, 3.8) is 0 Å². The minimum absolute atomic E-state index is 0.164. The van der Waals surface area contributed by atoms with Crippen molar-refractivity contribution in [2.75, 3.05) is 0 Å². The van der Waals surface area contributed by atoms with Gasteiger partial charge in [-0.25, -0.2) is 4.98 Å². The molecular weight excluding hydrogens is 208 g/mol. The summed E-state index contributed by atoms with van der Waals surface area (Å²) in [5.41, 5.74) is 1.40. The fraction of sp³-hybridized carbons (Fsp3) is 0.455. The molecule has 0 aromatic carbocycles. The van der Waals surface area contributed by atoms with Crippen molar-refractivity contribution >= 4 is 11.8 Å². The van der Waals surface area contributed by atoms with Crippen LogP contribution in [0.2, 0.25) is 0 Å². The van der Waals surface area contributed by atoms with Crippen LogP contribution >= 0.6 is 11.8 Å². The number of hydrogen-bond donors (Lipinski definition) is 1. The summed E-state index contributed by atoms with van der Waals surface area (Å²) < 4.78 is 0. The summed E-state index contributed by atoms with van der Waals surface area (Å²) >= 11 is 1.63. The Morgan fingerprint density at radius 2 is 2.33 bits per heavy atom. The number of nitriles is 1. The highest BCUT2D eigenvalue weighted by Crippen LogP contribution is 2.21. The van der Waals surface area contributed by atoms with E-state index in [1.54, 1.807) is 24.9 Å². The maximum Gasteiger partial charge on any atom is 0.144 e. The maximum atomic E-state index is 9.32. The van der Waals surface area contributed by atoms with E-state index in [0.717, 1.165) is 5.56 Å². The van der Waals surface area contributed by atoms with E-state index in [1.165, 1.54) is 0 Å². The fourth-order valence-corrected chi connectivity index (χ4v) is 1.97. The SMILES string of the molecule is CC(O)C(C)SCc1cccnc1C#N. The lowest BCUT2D eigenvalue weighted by molar-refractivity contribution is 0.196. The Bertz CT molecular complexity index is 360. The third-order valence-corrected chi connectivity index (χ3v) is 3.58. The maximum absolute atomic E-state index is 9.32. The minimum Gasteiger partial charge on any atom is -0.392 e. The van der Waals surface area contributed by atoms with E-state index >= 15 is 0 Å². The first-order chi connectivity index (χ1) is 7.15. The summed E-state index contributed by atoms with van der Waals surface area (Å²) in [6.07, 6.45) is 1.28. The van der Waals surface area contributed by atoms with Crippen molar-refractivity contribution in [1.82, 2.24) is 4.98 Å². The average molecular weight is 222 g/mol. The quantitative estimate of drug-likeness (QED) is 0.846. The molecule has 0 spiro atoms. The monoisotopic (exact) mass is 222 g/mol. The second-order valence-electron chi connectivity index (χ2n) is 3.38. The van der Waals surface area contributed by atoms with Crippen LogP contribution in [0.25, 0.3) is 0 Å². The molecule has 1 aromatic rings.